The van der Waals surface area contributed by atoms with Gasteiger partial charge in [-0.15, -0.1) is 0 Å². The number of nitrogens with two attached hydrogens (primary N) is 1. The average molecular weight is 164 g/mol. The quantitative estimate of drug-likeness (QED) is 0.229. The lowest BCUT2D eigenvalue weighted by Gasteiger charge is -1.99. The molecule has 12 heavy (non-hydrogen) atoms. The molecule has 62 valence electrons. The fourth-order valence-electron chi connectivity index (χ4n) is 0.816. The minimum Gasteiger partial charge on any atom is -0.506 e. The Kier molecular flexibility index (Phi) is 2.40. The first-order chi connectivity index (χ1) is 5.74. The molecule has 0 aliphatic carbocycles. The zero-order valence-corrected chi connectivity index (χ0v) is 6.31. The summed E-state index contributed by atoms with van der Waals surface area (Å²) in [6.45, 7) is 0.251. The van der Waals surface area contributed by atoms with Crippen LogP contribution in [0.4, 0.5) is 5.69 Å². The summed E-state index contributed by atoms with van der Waals surface area (Å²) >= 11 is 0. The molecule has 0 aromatic heterocycles. The normalized spacial score (nSPS) is 9.00. The molecule has 0 heterocycles. The van der Waals surface area contributed by atoms with E-state index >= 15 is 0 Å². The van der Waals surface area contributed by atoms with Gasteiger partial charge in [-0.25, -0.2) is 0 Å². The number of phenolic OH excluding ortho intramolecular Hbond substituents is 1. The predicted octanol–water partition coefficient (Wildman–Crippen LogP) is 1.78. The molecule has 5 nitrogen and oxygen atoms in total. The third-order valence-corrected chi connectivity index (χ3v) is 1.41. The molecule has 3 N–H and O–H groups in total. The smallest absolute Gasteiger partial charge is 0.138 e. The Bertz CT molecular complexity index is 330. The van der Waals surface area contributed by atoms with Crippen LogP contribution in [0.25, 0.3) is 10.4 Å². The highest BCUT2D eigenvalue weighted by molar-refractivity contribution is 5.53. The van der Waals surface area contributed by atoms with Crippen molar-refractivity contribution in [2.75, 3.05) is 5.73 Å². The van der Waals surface area contributed by atoms with Gasteiger partial charge in [0.15, 0.2) is 0 Å². The molecule has 0 aliphatic rings. The molecule has 0 bridgehead atoms. The molecule has 0 aliphatic heterocycles. The molecule has 1 rings (SSSR count). The van der Waals surface area contributed by atoms with Crippen molar-refractivity contribution in [1.82, 2.24) is 0 Å². The van der Waals surface area contributed by atoms with Gasteiger partial charge in [0.1, 0.15) is 5.75 Å². The fourth-order valence-corrected chi connectivity index (χ4v) is 0.816. The number of azide groups is 1. The lowest BCUT2D eigenvalue weighted by Crippen LogP contribution is -1.88. The predicted molar refractivity (Wildman–Crippen MR) is 45.4 cm³/mol. The van der Waals surface area contributed by atoms with E-state index in [2.05, 4.69) is 10.0 Å². The highest BCUT2D eigenvalue weighted by Crippen LogP contribution is 2.20. The third-order valence-electron chi connectivity index (χ3n) is 1.41. The Balaban J connectivity index is 2.89. The standard InChI is InChI=1S/C7H8N4O/c8-6-3-5(4-10-11-9)1-2-7(6)12/h1-3,12H,4,8H2. The van der Waals surface area contributed by atoms with Crippen molar-refractivity contribution >= 4 is 5.69 Å². The number of hydrogen-bond acceptors (Lipinski definition) is 3. The molecule has 0 atom stereocenters. The molecule has 1 aromatic rings. The maximum absolute atomic E-state index is 9.04. The van der Waals surface area contributed by atoms with Gasteiger partial charge < -0.3 is 10.8 Å². The number of anilines is 1. The summed E-state index contributed by atoms with van der Waals surface area (Å²) in [5.41, 5.74) is 14.5. The second-order valence-corrected chi connectivity index (χ2v) is 2.28. The van der Waals surface area contributed by atoms with Gasteiger partial charge in [-0.05, 0) is 23.2 Å². The average Bonchev–Trinajstić information content (AvgIpc) is 2.07. The highest BCUT2D eigenvalue weighted by atomic mass is 16.3. The number of hydrogen-bond donors (Lipinski definition) is 2. The van der Waals surface area contributed by atoms with E-state index in [1.54, 1.807) is 12.1 Å². The Morgan fingerprint density at radius 3 is 2.92 bits per heavy atom. The molecule has 1 aromatic carbocycles. The monoisotopic (exact) mass is 164 g/mol. The van der Waals surface area contributed by atoms with Gasteiger partial charge >= 0.3 is 0 Å². The first kappa shape index (κ1) is 8.23. The first-order valence-electron chi connectivity index (χ1n) is 3.32. The Hall–Kier alpha value is -1.87. The molecule has 0 saturated carbocycles. The number of aromatic hydroxyl groups is 1. The first-order valence-corrected chi connectivity index (χ1v) is 3.32. The zero-order chi connectivity index (χ0) is 8.97. The van der Waals surface area contributed by atoms with Gasteiger partial charge in [-0.1, -0.05) is 11.2 Å². The number of nitrogen functional groups attached to an aromatic ring is 1. The number of phenols is 1. The van der Waals surface area contributed by atoms with Crippen LogP contribution in [0.2, 0.25) is 0 Å². The largest absolute Gasteiger partial charge is 0.506 e. The summed E-state index contributed by atoms with van der Waals surface area (Å²) in [6.07, 6.45) is 0. The van der Waals surface area contributed by atoms with E-state index < -0.39 is 0 Å². The molecule has 5 heteroatoms. The topological polar surface area (TPSA) is 95.0 Å². The minimum absolute atomic E-state index is 0.0414. The summed E-state index contributed by atoms with van der Waals surface area (Å²) in [6, 6.07) is 4.70. The van der Waals surface area contributed by atoms with Crippen LogP contribution < -0.4 is 5.73 Å². The number of nitrogens with zero attached hydrogens (tertiary/aromatic N) is 3. The molecule has 0 saturated heterocycles. The van der Waals surface area contributed by atoms with E-state index in [0.29, 0.717) is 5.69 Å². The van der Waals surface area contributed by atoms with Crippen LogP contribution in [-0.4, -0.2) is 5.11 Å². The fraction of sp³-hybridized carbons (Fsp3) is 0.143. The molecule has 0 radical (unpaired) electrons. The number of benzene rings is 1. The third kappa shape index (κ3) is 1.81. The summed E-state index contributed by atoms with van der Waals surface area (Å²) in [7, 11) is 0. The maximum Gasteiger partial charge on any atom is 0.138 e. The summed E-state index contributed by atoms with van der Waals surface area (Å²) in [4.78, 5) is 2.60. The van der Waals surface area contributed by atoms with Crippen LogP contribution in [0, 0.1) is 0 Å². The van der Waals surface area contributed by atoms with Gasteiger partial charge in [-0.3, -0.25) is 0 Å². The highest BCUT2D eigenvalue weighted by Gasteiger charge is 1.96. The summed E-state index contributed by atoms with van der Waals surface area (Å²) in [5.74, 6) is 0.0414. The van der Waals surface area contributed by atoms with Gasteiger partial charge in [-0.2, -0.15) is 0 Å². The number of rotatable bonds is 2. The van der Waals surface area contributed by atoms with E-state index in [1.807, 2.05) is 0 Å². The second kappa shape index (κ2) is 3.50. The van der Waals surface area contributed by atoms with Gasteiger partial charge in [0, 0.05) is 4.91 Å². The molecule has 0 amide bonds. The molecule has 0 unspecified atom stereocenters. The Labute approximate surface area is 69.1 Å². The molecule has 0 fully saturated rings. The zero-order valence-electron chi connectivity index (χ0n) is 6.31. The van der Waals surface area contributed by atoms with E-state index in [0.717, 1.165) is 5.56 Å². The van der Waals surface area contributed by atoms with Crippen molar-refractivity contribution in [3.63, 3.8) is 0 Å². The SMILES string of the molecule is [N-]=[N+]=NCc1ccc(O)c(N)c1. The molecular weight excluding hydrogens is 156 g/mol. The maximum atomic E-state index is 9.04. The van der Waals surface area contributed by atoms with Crippen molar-refractivity contribution < 1.29 is 5.11 Å². The van der Waals surface area contributed by atoms with E-state index in [4.69, 9.17) is 16.4 Å². The van der Waals surface area contributed by atoms with Crippen LogP contribution in [0.3, 0.4) is 0 Å². The van der Waals surface area contributed by atoms with Crippen molar-refractivity contribution in [1.29, 1.82) is 0 Å². The lowest BCUT2D eigenvalue weighted by atomic mass is 10.2. The van der Waals surface area contributed by atoms with Crippen molar-refractivity contribution in [3.8, 4) is 5.75 Å². The second-order valence-electron chi connectivity index (χ2n) is 2.28. The Morgan fingerprint density at radius 2 is 2.33 bits per heavy atom. The van der Waals surface area contributed by atoms with E-state index in [9.17, 15) is 0 Å². The van der Waals surface area contributed by atoms with Crippen LogP contribution in [0.5, 0.6) is 5.75 Å². The summed E-state index contributed by atoms with van der Waals surface area (Å²) in [5, 5.41) is 12.4. The van der Waals surface area contributed by atoms with Crippen LogP contribution in [-0.2, 0) is 6.54 Å². The summed E-state index contributed by atoms with van der Waals surface area (Å²) < 4.78 is 0. The molecule has 0 spiro atoms. The van der Waals surface area contributed by atoms with Gasteiger partial charge in [0.05, 0.1) is 12.2 Å². The van der Waals surface area contributed by atoms with Crippen molar-refractivity contribution in [3.05, 3.63) is 34.2 Å². The van der Waals surface area contributed by atoms with E-state index in [-0.39, 0.29) is 12.3 Å². The minimum atomic E-state index is 0.0414. The Morgan fingerprint density at radius 1 is 1.58 bits per heavy atom. The van der Waals surface area contributed by atoms with Crippen LogP contribution in [0.15, 0.2) is 23.3 Å². The van der Waals surface area contributed by atoms with Crippen molar-refractivity contribution in [2.45, 2.75) is 6.54 Å². The van der Waals surface area contributed by atoms with Gasteiger partial charge in [0.25, 0.3) is 0 Å². The van der Waals surface area contributed by atoms with Crippen molar-refractivity contribution in [2.24, 2.45) is 5.11 Å². The lowest BCUT2D eigenvalue weighted by molar-refractivity contribution is 0.478. The van der Waals surface area contributed by atoms with Gasteiger partial charge in [0.2, 0.25) is 0 Å². The van der Waals surface area contributed by atoms with Crippen LogP contribution in [0.1, 0.15) is 5.56 Å². The van der Waals surface area contributed by atoms with E-state index in [1.165, 1.54) is 6.07 Å². The molecular formula is C7H8N4O. The van der Waals surface area contributed by atoms with Crippen LogP contribution >= 0.6 is 0 Å².